The molecule has 1 atom stereocenters. The van der Waals surface area contributed by atoms with E-state index in [1.54, 1.807) is 6.20 Å². The van der Waals surface area contributed by atoms with Crippen LogP contribution in [0.15, 0.2) is 70.6 Å². The number of hydrogen-bond donors (Lipinski definition) is 0. The van der Waals surface area contributed by atoms with Gasteiger partial charge in [0, 0.05) is 34.0 Å². The van der Waals surface area contributed by atoms with Crippen LogP contribution in [0.2, 0.25) is 0 Å². The molecular weight excluding hydrogens is 428 g/mol. The fourth-order valence-corrected chi connectivity index (χ4v) is 4.76. The SMILES string of the molecule is Fc1cc(F)cc(Sc2ccc3c(c2)c(/C=C/c2ccccn2)nn3C2CCCCO2)c1. The summed E-state index contributed by atoms with van der Waals surface area (Å²) in [6, 6.07) is 15.2. The van der Waals surface area contributed by atoms with Crippen molar-refractivity contribution in [1.82, 2.24) is 14.8 Å². The Bertz CT molecular complexity index is 1250. The second kappa shape index (κ2) is 9.22. The summed E-state index contributed by atoms with van der Waals surface area (Å²) < 4.78 is 35.2. The molecule has 4 nitrogen and oxygen atoms in total. The van der Waals surface area contributed by atoms with Crippen molar-refractivity contribution in [3.8, 4) is 0 Å². The number of benzene rings is 2. The van der Waals surface area contributed by atoms with Gasteiger partial charge in [0.2, 0.25) is 0 Å². The Morgan fingerprint density at radius 1 is 0.969 bits per heavy atom. The van der Waals surface area contributed by atoms with E-state index >= 15 is 0 Å². The molecule has 32 heavy (non-hydrogen) atoms. The van der Waals surface area contributed by atoms with Crippen molar-refractivity contribution in [3.05, 3.63) is 83.8 Å². The van der Waals surface area contributed by atoms with Crippen molar-refractivity contribution in [2.45, 2.75) is 35.3 Å². The Kier molecular flexibility index (Phi) is 6.01. The van der Waals surface area contributed by atoms with Crippen LogP contribution >= 0.6 is 11.8 Å². The Morgan fingerprint density at radius 2 is 1.84 bits per heavy atom. The number of fused-ring (bicyclic) bond motifs is 1. The number of halogens is 2. The number of rotatable bonds is 5. The van der Waals surface area contributed by atoms with Crippen molar-refractivity contribution < 1.29 is 13.5 Å². The number of nitrogens with zero attached hydrogens (tertiary/aromatic N) is 3. The van der Waals surface area contributed by atoms with Crippen LogP contribution in [-0.2, 0) is 4.74 Å². The zero-order valence-corrected chi connectivity index (χ0v) is 18.1. The molecule has 1 unspecified atom stereocenters. The third-order valence-electron chi connectivity index (χ3n) is 5.31. The quantitative estimate of drug-likeness (QED) is 0.339. The van der Waals surface area contributed by atoms with Gasteiger partial charge in [-0.3, -0.25) is 4.98 Å². The molecule has 0 spiro atoms. The predicted octanol–water partition coefficient (Wildman–Crippen LogP) is 6.73. The molecule has 2 aromatic heterocycles. The van der Waals surface area contributed by atoms with Crippen molar-refractivity contribution in [2.75, 3.05) is 6.61 Å². The Morgan fingerprint density at radius 3 is 2.59 bits per heavy atom. The minimum Gasteiger partial charge on any atom is -0.356 e. The first-order valence-electron chi connectivity index (χ1n) is 10.5. The molecule has 0 amide bonds. The van der Waals surface area contributed by atoms with Gasteiger partial charge in [-0.2, -0.15) is 5.10 Å². The summed E-state index contributed by atoms with van der Waals surface area (Å²) in [7, 11) is 0. The van der Waals surface area contributed by atoms with E-state index in [-0.39, 0.29) is 6.23 Å². The molecule has 1 aliphatic heterocycles. The van der Waals surface area contributed by atoms with E-state index < -0.39 is 11.6 Å². The summed E-state index contributed by atoms with van der Waals surface area (Å²) in [6.07, 6.45) is 8.60. The Balaban J connectivity index is 1.54. The average molecular weight is 450 g/mol. The number of pyridine rings is 1. The highest BCUT2D eigenvalue weighted by atomic mass is 32.2. The lowest BCUT2D eigenvalue weighted by Gasteiger charge is -2.23. The van der Waals surface area contributed by atoms with Crippen LogP contribution in [0.25, 0.3) is 23.1 Å². The lowest BCUT2D eigenvalue weighted by molar-refractivity contribution is -0.0367. The summed E-state index contributed by atoms with van der Waals surface area (Å²) in [5, 5.41) is 5.80. The average Bonchev–Trinajstić information content (AvgIpc) is 3.16. The minimum atomic E-state index is -0.588. The molecule has 5 rings (SSSR count). The van der Waals surface area contributed by atoms with Crippen molar-refractivity contribution in [1.29, 1.82) is 0 Å². The predicted molar refractivity (Wildman–Crippen MR) is 122 cm³/mol. The van der Waals surface area contributed by atoms with Gasteiger partial charge in [-0.15, -0.1) is 0 Å². The van der Waals surface area contributed by atoms with Crippen molar-refractivity contribution in [3.63, 3.8) is 0 Å². The fraction of sp³-hybridized carbons (Fsp3) is 0.200. The summed E-state index contributed by atoms with van der Waals surface area (Å²) >= 11 is 1.31. The van der Waals surface area contributed by atoms with Crippen LogP contribution in [0, 0.1) is 11.6 Å². The molecular formula is C25H21F2N3OS. The number of aromatic nitrogens is 3. The van der Waals surface area contributed by atoms with Gasteiger partial charge in [0.05, 0.1) is 16.9 Å². The molecule has 0 radical (unpaired) electrons. The van der Waals surface area contributed by atoms with Gasteiger partial charge in [-0.1, -0.05) is 17.8 Å². The molecule has 162 valence electrons. The first kappa shape index (κ1) is 20.8. The van der Waals surface area contributed by atoms with E-state index in [0.29, 0.717) is 4.90 Å². The molecule has 1 fully saturated rings. The highest BCUT2D eigenvalue weighted by Gasteiger charge is 2.20. The second-order valence-electron chi connectivity index (χ2n) is 7.63. The van der Waals surface area contributed by atoms with Gasteiger partial charge >= 0.3 is 0 Å². The second-order valence-corrected chi connectivity index (χ2v) is 8.77. The number of hydrogen-bond acceptors (Lipinski definition) is 4. The third kappa shape index (κ3) is 4.59. The number of ether oxygens (including phenoxy) is 1. The lowest BCUT2D eigenvalue weighted by atomic mass is 10.1. The molecule has 0 N–H and O–H groups in total. The molecule has 1 aliphatic rings. The molecule has 7 heteroatoms. The standard InChI is InChI=1S/C25H21F2N3OS/c26-17-13-18(27)15-21(14-17)32-20-8-10-24-22(16-20)23(9-7-19-5-1-3-11-28-19)29-30(24)25-6-2-4-12-31-25/h1,3,5,7-11,13-16,25H,2,4,6,12H2/b9-7+. The van der Waals surface area contributed by atoms with E-state index in [0.717, 1.165) is 59.1 Å². The van der Waals surface area contributed by atoms with Gasteiger partial charge in [0.15, 0.2) is 6.23 Å². The van der Waals surface area contributed by atoms with E-state index in [9.17, 15) is 8.78 Å². The van der Waals surface area contributed by atoms with Gasteiger partial charge in [0.25, 0.3) is 0 Å². The zero-order valence-electron chi connectivity index (χ0n) is 17.2. The summed E-state index contributed by atoms with van der Waals surface area (Å²) in [4.78, 5) is 5.72. The molecule has 0 saturated carbocycles. The largest absolute Gasteiger partial charge is 0.356 e. The zero-order chi connectivity index (χ0) is 21.9. The Labute approximate surface area is 188 Å². The Hall–Kier alpha value is -3.03. The lowest BCUT2D eigenvalue weighted by Crippen LogP contribution is -2.19. The maximum Gasteiger partial charge on any atom is 0.150 e. The molecule has 3 heterocycles. The van der Waals surface area contributed by atoms with Crippen LogP contribution in [0.5, 0.6) is 0 Å². The van der Waals surface area contributed by atoms with E-state index in [1.807, 2.05) is 53.2 Å². The van der Waals surface area contributed by atoms with Crippen LogP contribution in [0.4, 0.5) is 8.78 Å². The van der Waals surface area contributed by atoms with E-state index in [2.05, 4.69) is 4.98 Å². The molecule has 0 bridgehead atoms. The normalized spacial score (nSPS) is 16.8. The highest BCUT2D eigenvalue weighted by Crippen LogP contribution is 2.34. The van der Waals surface area contributed by atoms with E-state index in [4.69, 9.17) is 9.84 Å². The smallest absolute Gasteiger partial charge is 0.150 e. The topological polar surface area (TPSA) is 39.9 Å². The molecule has 4 aromatic rings. The monoisotopic (exact) mass is 449 g/mol. The van der Waals surface area contributed by atoms with Gasteiger partial charge in [0.1, 0.15) is 11.6 Å². The van der Waals surface area contributed by atoms with Crippen molar-refractivity contribution in [2.24, 2.45) is 0 Å². The van der Waals surface area contributed by atoms with E-state index in [1.165, 1.54) is 23.9 Å². The first-order chi connectivity index (χ1) is 15.7. The summed E-state index contributed by atoms with van der Waals surface area (Å²) in [5.41, 5.74) is 2.60. The van der Waals surface area contributed by atoms with Gasteiger partial charge in [-0.25, -0.2) is 13.5 Å². The summed E-state index contributed by atoms with van der Waals surface area (Å²) in [6.45, 7) is 0.726. The van der Waals surface area contributed by atoms with Crippen LogP contribution in [0.3, 0.4) is 0 Å². The fourth-order valence-electron chi connectivity index (χ4n) is 3.83. The maximum absolute atomic E-state index is 13.6. The summed E-state index contributed by atoms with van der Waals surface area (Å²) in [5.74, 6) is -1.18. The van der Waals surface area contributed by atoms with Crippen LogP contribution < -0.4 is 0 Å². The molecule has 0 aliphatic carbocycles. The molecule has 1 saturated heterocycles. The van der Waals surface area contributed by atoms with Gasteiger partial charge in [-0.05, 0) is 73.9 Å². The first-order valence-corrected chi connectivity index (χ1v) is 11.3. The molecule has 2 aromatic carbocycles. The van der Waals surface area contributed by atoms with Crippen LogP contribution in [-0.4, -0.2) is 21.4 Å². The van der Waals surface area contributed by atoms with Gasteiger partial charge < -0.3 is 4.74 Å². The van der Waals surface area contributed by atoms with Crippen molar-refractivity contribution >= 4 is 34.8 Å². The van der Waals surface area contributed by atoms with Crippen LogP contribution in [0.1, 0.15) is 36.9 Å². The highest BCUT2D eigenvalue weighted by molar-refractivity contribution is 7.99. The third-order valence-corrected chi connectivity index (χ3v) is 6.27. The minimum absolute atomic E-state index is 0.0981. The maximum atomic E-state index is 13.6.